The molecule has 4 heteroatoms. The molecule has 0 saturated heterocycles. The van der Waals surface area contributed by atoms with E-state index in [1.54, 1.807) is 12.1 Å². The van der Waals surface area contributed by atoms with Gasteiger partial charge in [0.1, 0.15) is 11.9 Å². The number of carbonyl (C=O) groups is 1. The summed E-state index contributed by atoms with van der Waals surface area (Å²) in [5, 5.41) is 15.2. The summed E-state index contributed by atoms with van der Waals surface area (Å²) >= 11 is 0. The summed E-state index contributed by atoms with van der Waals surface area (Å²) in [5.41, 5.74) is 1.00. The summed E-state index contributed by atoms with van der Waals surface area (Å²) in [6.07, 6.45) is 1.55. The van der Waals surface area contributed by atoms with Gasteiger partial charge in [-0.1, -0.05) is 42.5 Å². The lowest BCUT2D eigenvalue weighted by Gasteiger charge is -2.17. The predicted octanol–water partition coefficient (Wildman–Crippen LogP) is 3.60. The Morgan fingerprint density at radius 2 is 1.92 bits per heavy atom. The van der Waals surface area contributed by atoms with E-state index in [0.29, 0.717) is 18.6 Å². The van der Waals surface area contributed by atoms with Crippen molar-refractivity contribution in [3.8, 4) is 0 Å². The third-order valence-electron chi connectivity index (χ3n) is 4.09. The Labute approximate surface area is 141 Å². The van der Waals surface area contributed by atoms with Crippen LogP contribution in [-0.2, 0) is 11.2 Å². The maximum atomic E-state index is 12.3. The number of benzene rings is 2. The fourth-order valence-electron chi connectivity index (χ4n) is 2.94. The van der Waals surface area contributed by atoms with Crippen LogP contribution in [0, 0.1) is 0 Å². The average Bonchev–Trinajstić information content (AvgIpc) is 3.09. The van der Waals surface area contributed by atoms with Crippen molar-refractivity contribution in [2.75, 3.05) is 0 Å². The van der Waals surface area contributed by atoms with Gasteiger partial charge in [-0.3, -0.25) is 4.79 Å². The van der Waals surface area contributed by atoms with E-state index >= 15 is 0 Å². The number of hydrogen-bond donors (Lipinski definition) is 2. The van der Waals surface area contributed by atoms with Gasteiger partial charge in [0.25, 0.3) is 0 Å². The van der Waals surface area contributed by atoms with Gasteiger partial charge in [0.2, 0.25) is 5.91 Å². The van der Waals surface area contributed by atoms with Crippen LogP contribution in [0.3, 0.4) is 0 Å². The maximum absolute atomic E-state index is 12.3. The largest absolute Gasteiger partial charge is 0.467 e. The first-order chi connectivity index (χ1) is 11.6. The van der Waals surface area contributed by atoms with Crippen LogP contribution in [0.2, 0.25) is 0 Å². The highest BCUT2D eigenvalue weighted by Gasteiger charge is 2.16. The fourth-order valence-corrected chi connectivity index (χ4v) is 2.94. The average molecular weight is 323 g/mol. The van der Waals surface area contributed by atoms with Gasteiger partial charge in [-0.2, -0.15) is 0 Å². The highest BCUT2D eigenvalue weighted by molar-refractivity contribution is 5.90. The topological polar surface area (TPSA) is 62.5 Å². The summed E-state index contributed by atoms with van der Waals surface area (Å²) < 4.78 is 5.18. The third kappa shape index (κ3) is 3.84. The maximum Gasteiger partial charge on any atom is 0.224 e. The fraction of sp³-hybridized carbons (Fsp3) is 0.250. The van der Waals surface area contributed by atoms with Crippen LogP contribution in [0.4, 0.5) is 0 Å². The second-order valence-corrected chi connectivity index (χ2v) is 6.05. The smallest absolute Gasteiger partial charge is 0.224 e. The molecule has 2 N–H and O–H groups in total. The van der Waals surface area contributed by atoms with Gasteiger partial charge in [-0.05, 0) is 35.4 Å². The molecule has 4 nitrogen and oxygen atoms in total. The Balaban J connectivity index is 1.60. The quantitative estimate of drug-likeness (QED) is 0.728. The molecule has 3 rings (SSSR count). The summed E-state index contributed by atoms with van der Waals surface area (Å²) in [6.45, 7) is 1.88. The van der Waals surface area contributed by atoms with E-state index in [-0.39, 0.29) is 11.9 Å². The number of carbonyl (C=O) groups excluding carboxylic acids is 1. The Hall–Kier alpha value is -2.59. The zero-order valence-electron chi connectivity index (χ0n) is 13.6. The lowest BCUT2D eigenvalue weighted by molar-refractivity contribution is -0.121. The second kappa shape index (κ2) is 7.32. The molecule has 1 amide bonds. The van der Waals surface area contributed by atoms with Crippen LogP contribution in [0.1, 0.15) is 30.8 Å². The number of aliphatic hydroxyl groups is 1. The van der Waals surface area contributed by atoms with Crippen LogP contribution >= 0.6 is 0 Å². The van der Waals surface area contributed by atoms with Crippen LogP contribution in [0.15, 0.2) is 65.3 Å². The van der Waals surface area contributed by atoms with Gasteiger partial charge in [-0.25, -0.2) is 0 Å². The number of furan rings is 1. The number of amides is 1. The first kappa shape index (κ1) is 16.3. The molecule has 0 aliphatic carbocycles. The summed E-state index contributed by atoms with van der Waals surface area (Å²) in [5.74, 6) is 0.468. The Morgan fingerprint density at radius 3 is 2.71 bits per heavy atom. The molecule has 124 valence electrons. The van der Waals surface area contributed by atoms with E-state index in [1.807, 2.05) is 49.4 Å². The Kier molecular flexibility index (Phi) is 4.96. The van der Waals surface area contributed by atoms with E-state index in [4.69, 9.17) is 4.42 Å². The molecule has 1 aromatic heterocycles. The molecule has 0 radical (unpaired) electrons. The number of nitrogens with one attached hydrogen (secondary N) is 1. The molecule has 0 saturated carbocycles. The first-order valence-electron chi connectivity index (χ1n) is 8.11. The van der Waals surface area contributed by atoms with Crippen molar-refractivity contribution in [3.05, 3.63) is 72.2 Å². The molecule has 0 aliphatic heterocycles. The first-order valence-corrected chi connectivity index (χ1v) is 8.11. The molecule has 24 heavy (non-hydrogen) atoms. The molecular formula is C20H21NO3. The Morgan fingerprint density at radius 1 is 1.12 bits per heavy atom. The minimum atomic E-state index is -0.715. The van der Waals surface area contributed by atoms with Crippen molar-refractivity contribution in [2.24, 2.45) is 0 Å². The number of aliphatic hydroxyl groups excluding tert-OH is 1. The highest BCUT2D eigenvalue weighted by atomic mass is 16.4. The van der Waals surface area contributed by atoms with Crippen molar-refractivity contribution < 1.29 is 14.3 Å². The van der Waals surface area contributed by atoms with E-state index in [0.717, 1.165) is 16.3 Å². The summed E-state index contributed by atoms with van der Waals surface area (Å²) in [6, 6.07) is 17.3. The molecule has 2 aromatic carbocycles. The minimum Gasteiger partial charge on any atom is -0.467 e. The van der Waals surface area contributed by atoms with Crippen LogP contribution < -0.4 is 5.32 Å². The number of fused-ring (bicyclic) bond motifs is 1. The van der Waals surface area contributed by atoms with Crippen LogP contribution in [0.25, 0.3) is 10.8 Å². The van der Waals surface area contributed by atoms with Gasteiger partial charge in [0.15, 0.2) is 0 Å². The predicted molar refractivity (Wildman–Crippen MR) is 93.5 cm³/mol. The third-order valence-corrected chi connectivity index (χ3v) is 4.09. The molecule has 3 aromatic rings. The zero-order valence-corrected chi connectivity index (χ0v) is 13.6. The van der Waals surface area contributed by atoms with E-state index < -0.39 is 6.10 Å². The van der Waals surface area contributed by atoms with Gasteiger partial charge < -0.3 is 14.8 Å². The van der Waals surface area contributed by atoms with Gasteiger partial charge in [-0.15, -0.1) is 0 Å². The summed E-state index contributed by atoms with van der Waals surface area (Å²) in [4.78, 5) is 12.3. The number of hydrogen-bond acceptors (Lipinski definition) is 3. The molecule has 0 spiro atoms. The van der Waals surface area contributed by atoms with Gasteiger partial charge in [0, 0.05) is 12.5 Å². The van der Waals surface area contributed by atoms with E-state index in [9.17, 15) is 9.90 Å². The SMILES string of the molecule is CC(CC(O)c1ccco1)NC(=O)Cc1cccc2ccccc12. The molecule has 0 fully saturated rings. The molecular weight excluding hydrogens is 302 g/mol. The van der Waals surface area contributed by atoms with Crippen LogP contribution in [0.5, 0.6) is 0 Å². The van der Waals surface area contributed by atoms with E-state index in [1.165, 1.54) is 6.26 Å². The normalized spacial score (nSPS) is 13.6. The van der Waals surface area contributed by atoms with Crippen molar-refractivity contribution >= 4 is 16.7 Å². The van der Waals surface area contributed by atoms with Crippen molar-refractivity contribution in [1.82, 2.24) is 5.32 Å². The molecule has 2 unspecified atom stereocenters. The highest BCUT2D eigenvalue weighted by Crippen LogP contribution is 2.20. The lowest BCUT2D eigenvalue weighted by atomic mass is 10.0. The molecule has 2 atom stereocenters. The lowest BCUT2D eigenvalue weighted by Crippen LogP contribution is -2.34. The van der Waals surface area contributed by atoms with Gasteiger partial charge in [0.05, 0.1) is 12.7 Å². The van der Waals surface area contributed by atoms with Gasteiger partial charge >= 0.3 is 0 Å². The summed E-state index contributed by atoms with van der Waals surface area (Å²) in [7, 11) is 0. The monoisotopic (exact) mass is 323 g/mol. The zero-order chi connectivity index (χ0) is 16.9. The number of rotatable bonds is 6. The molecule has 0 bridgehead atoms. The second-order valence-electron chi connectivity index (χ2n) is 6.05. The van der Waals surface area contributed by atoms with Crippen LogP contribution in [-0.4, -0.2) is 17.1 Å². The Bertz CT molecular complexity index is 805. The minimum absolute atomic E-state index is 0.0505. The molecule has 1 heterocycles. The standard InChI is InChI=1S/C20H21NO3/c1-14(12-18(22)19-10-5-11-24-19)21-20(23)13-16-8-4-7-15-6-2-3-9-17(15)16/h2-11,14,18,22H,12-13H2,1H3,(H,21,23). The molecule has 0 aliphatic rings. The van der Waals surface area contributed by atoms with E-state index in [2.05, 4.69) is 5.32 Å². The van der Waals surface area contributed by atoms with Crippen molar-refractivity contribution in [3.63, 3.8) is 0 Å². The van der Waals surface area contributed by atoms with Crippen molar-refractivity contribution in [1.29, 1.82) is 0 Å². The van der Waals surface area contributed by atoms with Crippen molar-refractivity contribution in [2.45, 2.75) is 31.9 Å².